The van der Waals surface area contributed by atoms with Gasteiger partial charge in [-0.1, -0.05) is 47.6 Å². The lowest BCUT2D eigenvalue weighted by molar-refractivity contribution is -0.115. The molecule has 6 nitrogen and oxygen atoms in total. The standard InChI is InChI=1S/C18H18ClN5OS/c1-11-8-9-12(2)16(10-11)24-18(21-22-23-24)26-13(3)17(25)20-15-7-5-4-6-14(15)19/h4-10,13H,1-3H3,(H,20,25)/t13-/m1/s1. The Bertz CT molecular complexity index is 943. The van der Waals surface area contributed by atoms with Crippen LogP contribution in [0, 0.1) is 13.8 Å². The Morgan fingerprint density at radius 2 is 2.00 bits per heavy atom. The Morgan fingerprint density at radius 3 is 2.77 bits per heavy atom. The van der Waals surface area contributed by atoms with Gasteiger partial charge >= 0.3 is 0 Å². The summed E-state index contributed by atoms with van der Waals surface area (Å²) in [6.45, 7) is 5.82. The van der Waals surface area contributed by atoms with Crippen LogP contribution in [0.15, 0.2) is 47.6 Å². The van der Waals surface area contributed by atoms with Crippen LogP contribution in [0.4, 0.5) is 5.69 Å². The van der Waals surface area contributed by atoms with Gasteiger partial charge in [-0.2, -0.15) is 4.68 Å². The Kier molecular flexibility index (Phi) is 5.58. The van der Waals surface area contributed by atoms with E-state index in [1.54, 1.807) is 23.7 Å². The quantitative estimate of drug-likeness (QED) is 0.668. The number of tetrazole rings is 1. The van der Waals surface area contributed by atoms with Gasteiger partial charge in [-0.3, -0.25) is 4.79 Å². The van der Waals surface area contributed by atoms with Gasteiger partial charge in [0.05, 0.1) is 21.6 Å². The molecular weight excluding hydrogens is 370 g/mol. The van der Waals surface area contributed by atoms with E-state index in [-0.39, 0.29) is 5.91 Å². The molecule has 1 N–H and O–H groups in total. The van der Waals surface area contributed by atoms with Crippen LogP contribution >= 0.6 is 23.4 Å². The number of benzene rings is 2. The van der Waals surface area contributed by atoms with Gasteiger partial charge in [0.2, 0.25) is 11.1 Å². The summed E-state index contributed by atoms with van der Waals surface area (Å²) in [6.07, 6.45) is 0. The fourth-order valence-corrected chi connectivity index (χ4v) is 3.34. The topological polar surface area (TPSA) is 72.7 Å². The van der Waals surface area contributed by atoms with E-state index in [1.807, 2.05) is 44.2 Å². The normalized spacial score (nSPS) is 12.0. The number of nitrogens with zero attached hydrogens (tertiary/aromatic N) is 4. The number of amides is 1. The number of anilines is 1. The van der Waals surface area contributed by atoms with Crippen molar-refractivity contribution in [2.24, 2.45) is 0 Å². The van der Waals surface area contributed by atoms with E-state index in [9.17, 15) is 4.79 Å². The van der Waals surface area contributed by atoms with E-state index in [4.69, 9.17) is 11.6 Å². The maximum atomic E-state index is 12.5. The molecule has 1 atom stereocenters. The summed E-state index contributed by atoms with van der Waals surface area (Å²) < 4.78 is 1.66. The predicted octanol–water partition coefficient (Wildman–Crippen LogP) is 4.05. The molecular formula is C18H18ClN5OS. The number of hydrogen-bond acceptors (Lipinski definition) is 5. The van der Waals surface area contributed by atoms with Gasteiger partial charge < -0.3 is 5.32 Å². The van der Waals surface area contributed by atoms with Gasteiger partial charge in [-0.05, 0) is 60.5 Å². The first kappa shape index (κ1) is 18.4. The van der Waals surface area contributed by atoms with Gasteiger partial charge in [0.15, 0.2) is 0 Å². The SMILES string of the molecule is Cc1ccc(C)c(-n2nnnc2S[C@H](C)C(=O)Nc2ccccc2Cl)c1. The lowest BCUT2D eigenvalue weighted by Crippen LogP contribution is -2.23. The molecule has 3 rings (SSSR count). The minimum Gasteiger partial charge on any atom is -0.324 e. The van der Waals surface area contributed by atoms with E-state index in [2.05, 4.69) is 20.8 Å². The number of nitrogens with one attached hydrogen (secondary N) is 1. The van der Waals surface area contributed by atoms with Gasteiger partial charge in [0.1, 0.15) is 0 Å². The van der Waals surface area contributed by atoms with Crippen molar-refractivity contribution in [3.05, 3.63) is 58.6 Å². The minimum absolute atomic E-state index is 0.168. The summed E-state index contributed by atoms with van der Waals surface area (Å²) >= 11 is 7.39. The number of rotatable bonds is 5. The number of thioether (sulfide) groups is 1. The molecule has 0 aliphatic carbocycles. The maximum absolute atomic E-state index is 12.5. The summed E-state index contributed by atoms with van der Waals surface area (Å²) in [5, 5.41) is 15.4. The molecule has 0 fully saturated rings. The number of carbonyl (C=O) groups is 1. The molecule has 0 saturated carbocycles. The van der Waals surface area contributed by atoms with Crippen LogP contribution in [0.2, 0.25) is 5.02 Å². The second kappa shape index (κ2) is 7.88. The average molecular weight is 388 g/mol. The molecule has 0 unspecified atom stereocenters. The van der Waals surface area contributed by atoms with Crippen LogP contribution in [0.25, 0.3) is 5.69 Å². The molecule has 1 heterocycles. The third-order valence-electron chi connectivity index (χ3n) is 3.82. The van der Waals surface area contributed by atoms with E-state index in [0.29, 0.717) is 15.9 Å². The summed E-state index contributed by atoms with van der Waals surface area (Å²) in [5.41, 5.74) is 3.65. The van der Waals surface area contributed by atoms with Crippen molar-refractivity contribution >= 4 is 35.0 Å². The highest BCUT2D eigenvalue weighted by molar-refractivity contribution is 8.00. The molecule has 26 heavy (non-hydrogen) atoms. The van der Waals surface area contributed by atoms with Gasteiger partial charge in [-0.25, -0.2) is 0 Å². The van der Waals surface area contributed by atoms with Crippen LogP contribution in [0.1, 0.15) is 18.1 Å². The molecule has 1 aromatic heterocycles. The Hall–Kier alpha value is -2.38. The number of carbonyl (C=O) groups excluding carboxylic acids is 1. The van der Waals surface area contributed by atoms with Crippen LogP contribution in [-0.4, -0.2) is 31.4 Å². The lowest BCUT2D eigenvalue weighted by atomic mass is 10.1. The van der Waals surface area contributed by atoms with Crippen molar-refractivity contribution in [1.29, 1.82) is 0 Å². The lowest BCUT2D eigenvalue weighted by Gasteiger charge is -2.13. The van der Waals surface area contributed by atoms with Gasteiger partial charge in [0, 0.05) is 0 Å². The first-order valence-electron chi connectivity index (χ1n) is 8.04. The largest absolute Gasteiger partial charge is 0.324 e. The first-order chi connectivity index (χ1) is 12.5. The third kappa shape index (κ3) is 4.05. The van der Waals surface area contributed by atoms with E-state index in [1.165, 1.54) is 11.8 Å². The van der Waals surface area contributed by atoms with Crippen molar-refractivity contribution in [3.63, 3.8) is 0 Å². The monoisotopic (exact) mass is 387 g/mol. The molecule has 1 amide bonds. The van der Waals surface area contributed by atoms with E-state index < -0.39 is 5.25 Å². The molecule has 3 aromatic rings. The van der Waals surface area contributed by atoms with E-state index in [0.717, 1.165) is 16.8 Å². The van der Waals surface area contributed by atoms with Crippen LogP contribution in [0.5, 0.6) is 0 Å². The van der Waals surface area contributed by atoms with Gasteiger partial charge in [-0.15, -0.1) is 5.10 Å². The number of halogens is 1. The molecule has 0 spiro atoms. The second-order valence-electron chi connectivity index (χ2n) is 5.89. The highest BCUT2D eigenvalue weighted by atomic mass is 35.5. The molecule has 8 heteroatoms. The van der Waals surface area contributed by atoms with Crippen molar-refractivity contribution in [2.45, 2.75) is 31.2 Å². The highest BCUT2D eigenvalue weighted by Crippen LogP contribution is 2.27. The fraction of sp³-hybridized carbons (Fsp3) is 0.222. The molecule has 0 aliphatic rings. The average Bonchev–Trinajstić information content (AvgIpc) is 3.07. The Balaban J connectivity index is 1.77. The zero-order valence-electron chi connectivity index (χ0n) is 14.6. The summed E-state index contributed by atoms with van der Waals surface area (Å²) in [6, 6.07) is 13.2. The summed E-state index contributed by atoms with van der Waals surface area (Å²) in [7, 11) is 0. The number of aryl methyl sites for hydroxylation is 2. The second-order valence-corrected chi connectivity index (χ2v) is 7.61. The molecule has 0 radical (unpaired) electrons. The third-order valence-corrected chi connectivity index (χ3v) is 5.18. The molecule has 134 valence electrons. The Labute approximate surface area is 160 Å². The Morgan fingerprint density at radius 1 is 1.23 bits per heavy atom. The summed E-state index contributed by atoms with van der Waals surface area (Å²) in [5.74, 6) is -0.168. The summed E-state index contributed by atoms with van der Waals surface area (Å²) in [4.78, 5) is 12.5. The maximum Gasteiger partial charge on any atom is 0.237 e. The van der Waals surface area contributed by atoms with E-state index >= 15 is 0 Å². The van der Waals surface area contributed by atoms with Crippen molar-refractivity contribution in [1.82, 2.24) is 20.2 Å². The fourth-order valence-electron chi connectivity index (χ4n) is 2.36. The zero-order chi connectivity index (χ0) is 18.7. The molecule has 0 aliphatic heterocycles. The molecule has 0 bridgehead atoms. The highest BCUT2D eigenvalue weighted by Gasteiger charge is 2.20. The van der Waals surface area contributed by atoms with Gasteiger partial charge in [0.25, 0.3) is 0 Å². The molecule has 2 aromatic carbocycles. The number of hydrogen-bond donors (Lipinski definition) is 1. The first-order valence-corrected chi connectivity index (χ1v) is 9.29. The zero-order valence-corrected chi connectivity index (χ0v) is 16.2. The minimum atomic E-state index is -0.402. The van der Waals surface area contributed by atoms with Crippen molar-refractivity contribution in [2.75, 3.05) is 5.32 Å². The number of para-hydroxylation sites is 1. The van der Waals surface area contributed by atoms with Crippen LogP contribution < -0.4 is 5.32 Å². The van der Waals surface area contributed by atoms with Crippen LogP contribution in [0.3, 0.4) is 0 Å². The van der Waals surface area contributed by atoms with Crippen molar-refractivity contribution in [3.8, 4) is 5.69 Å². The molecule has 0 saturated heterocycles. The van der Waals surface area contributed by atoms with Crippen molar-refractivity contribution < 1.29 is 4.79 Å². The predicted molar refractivity (Wildman–Crippen MR) is 104 cm³/mol. The smallest absolute Gasteiger partial charge is 0.237 e. The number of aromatic nitrogens is 4. The van der Waals surface area contributed by atoms with Crippen LogP contribution in [-0.2, 0) is 4.79 Å².